The van der Waals surface area contributed by atoms with Gasteiger partial charge in [0.15, 0.2) is 0 Å². The molecule has 5 heteroatoms. The first kappa shape index (κ1) is 12.7. The van der Waals surface area contributed by atoms with Crippen molar-refractivity contribution in [2.45, 2.75) is 19.4 Å². The van der Waals surface area contributed by atoms with E-state index in [4.69, 9.17) is 0 Å². The van der Waals surface area contributed by atoms with Crippen molar-refractivity contribution in [3.63, 3.8) is 0 Å². The molecule has 2 rings (SSSR count). The molecule has 0 aromatic rings. The third kappa shape index (κ3) is 3.06. The van der Waals surface area contributed by atoms with E-state index < -0.39 is 0 Å². The van der Waals surface area contributed by atoms with Gasteiger partial charge in [-0.15, -0.1) is 12.4 Å². The summed E-state index contributed by atoms with van der Waals surface area (Å²) in [6, 6.07) is 0.365. The molecular weight excluding hydrogens is 214 g/mol. The zero-order valence-electron chi connectivity index (χ0n) is 9.16. The van der Waals surface area contributed by atoms with Crippen molar-refractivity contribution in [2.24, 2.45) is 5.92 Å². The van der Waals surface area contributed by atoms with Crippen molar-refractivity contribution in [3.8, 4) is 0 Å². The van der Waals surface area contributed by atoms with Crippen LogP contribution in [0.3, 0.4) is 0 Å². The summed E-state index contributed by atoms with van der Waals surface area (Å²) >= 11 is 0. The van der Waals surface area contributed by atoms with Crippen molar-refractivity contribution in [1.82, 2.24) is 15.5 Å². The summed E-state index contributed by atoms with van der Waals surface area (Å²) in [7, 11) is 0. The van der Waals surface area contributed by atoms with Crippen LogP contribution in [0.2, 0.25) is 0 Å². The third-order valence-corrected chi connectivity index (χ3v) is 3.15. The van der Waals surface area contributed by atoms with E-state index in [0.717, 1.165) is 39.1 Å². The lowest BCUT2D eigenvalue weighted by Crippen LogP contribution is -2.54. The summed E-state index contributed by atoms with van der Waals surface area (Å²) in [5.41, 5.74) is 0. The number of piperazine rings is 1. The highest BCUT2D eigenvalue weighted by Crippen LogP contribution is 2.13. The van der Waals surface area contributed by atoms with Crippen molar-refractivity contribution < 1.29 is 4.79 Å². The Hall–Kier alpha value is -0.320. The van der Waals surface area contributed by atoms with E-state index in [0.29, 0.717) is 17.9 Å². The Morgan fingerprint density at radius 1 is 1.33 bits per heavy atom. The van der Waals surface area contributed by atoms with Crippen LogP contribution in [0.25, 0.3) is 0 Å². The predicted octanol–water partition coefficient (Wildman–Crippen LogP) is -0.162. The van der Waals surface area contributed by atoms with E-state index >= 15 is 0 Å². The summed E-state index contributed by atoms with van der Waals surface area (Å²) in [5, 5.41) is 6.49. The second-order valence-corrected chi connectivity index (χ2v) is 4.37. The van der Waals surface area contributed by atoms with Crippen LogP contribution in [0, 0.1) is 5.92 Å². The third-order valence-electron chi connectivity index (χ3n) is 3.15. The van der Waals surface area contributed by atoms with Crippen LogP contribution in [-0.4, -0.2) is 49.6 Å². The van der Waals surface area contributed by atoms with Crippen LogP contribution in [-0.2, 0) is 4.79 Å². The molecule has 2 heterocycles. The minimum Gasteiger partial charge on any atom is -0.337 e. The van der Waals surface area contributed by atoms with Crippen molar-refractivity contribution in [3.05, 3.63) is 0 Å². The minimum atomic E-state index is 0. The number of carbonyl (C=O) groups is 1. The minimum absolute atomic E-state index is 0. The van der Waals surface area contributed by atoms with Crippen molar-refractivity contribution >= 4 is 18.3 Å². The summed E-state index contributed by atoms with van der Waals surface area (Å²) in [6.45, 7) is 6.91. The molecular formula is C10H20ClN3O. The Bertz CT molecular complexity index is 221. The molecule has 1 unspecified atom stereocenters. The van der Waals surface area contributed by atoms with Gasteiger partial charge >= 0.3 is 0 Å². The van der Waals surface area contributed by atoms with Gasteiger partial charge in [0, 0.05) is 32.1 Å². The quantitative estimate of drug-likeness (QED) is 0.697. The molecule has 0 aromatic carbocycles. The maximum Gasteiger partial charge on any atom is 0.223 e. The van der Waals surface area contributed by atoms with Gasteiger partial charge in [0.05, 0.1) is 0 Å². The van der Waals surface area contributed by atoms with E-state index in [1.54, 1.807) is 0 Å². The first-order valence-electron chi connectivity index (χ1n) is 5.48. The van der Waals surface area contributed by atoms with E-state index in [-0.39, 0.29) is 12.4 Å². The fourth-order valence-electron chi connectivity index (χ4n) is 2.07. The predicted molar refractivity (Wildman–Crippen MR) is 62.3 cm³/mol. The van der Waals surface area contributed by atoms with Gasteiger partial charge in [-0.3, -0.25) is 4.79 Å². The average molecular weight is 234 g/mol. The monoisotopic (exact) mass is 233 g/mol. The van der Waals surface area contributed by atoms with Crippen LogP contribution in [0.15, 0.2) is 0 Å². The van der Waals surface area contributed by atoms with Gasteiger partial charge in [-0.05, 0) is 25.9 Å². The molecule has 0 aromatic heterocycles. The fourth-order valence-corrected chi connectivity index (χ4v) is 2.07. The molecule has 2 saturated heterocycles. The van der Waals surface area contributed by atoms with Crippen LogP contribution in [0.1, 0.15) is 13.3 Å². The number of hydrogen-bond donors (Lipinski definition) is 2. The number of rotatable bonds is 2. The molecule has 15 heavy (non-hydrogen) atoms. The lowest BCUT2D eigenvalue weighted by Gasteiger charge is -2.36. The number of carbonyl (C=O) groups excluding carboxylic acids is 1. The molecule has 0 bridgehead atoms. The Balaban J connectivity index is 0.00000112. The summed E-state index contributed by atoms with van der Waals surface area (Å²) < 4.78 is 0. The molecule has 2 N–H and O–H groups in total. The maximum atomic E-state index is 11.9. The molecule has 0 saturated carbocycles. The highest BCUT2D eigenvalue weighted by atomic mass is 35.5. The van der Waals surface area contributed by atoms with Gasteiger partial charge in [-0.2, -0.15) is 0 Å². The summed E-state index contributed by atoms with van der Waals surface area (Å²) in [4.78, 5) is 13.9. The van der Waals surface area contributed by atoms with Crippen LogP contribution in [0.4, 0.5) is 0 Å². The Morgan fingerprint density at radius 2 is 2.07 bits per heavy atom. The molecule has 0 radical (unpaired) electrons. The second-order valence-electron chi connectivity index (χ2n) is 4.37. The number of halogens is 1. The largest absolute Gasteiger partial charge is 0.337 e. The molecule has 1 amide bonds. The number of nitrogens with one attached hydrogen (secondary N) is 2. The Labute approximate surface area is 97.2 Å². The average Bonchev–Trinajstić information content (AvgIpc) is 2.12. The van der Waals surface area contributed by atoms with Crippen LogP contribution >= 0.6 is 12.4 Å². The first-order valence-corrected chi connectivity index (χ1v) is 5.48. The van der Waals surface area contributed by atoms with E-state index in [1.807, 2.05) is 4.90 Å². The van der Waals surface area contributed by atoms with E-state index in [1.165, 1.54) is 0 Å². The Kier molecular flexibility index (Phi) is 4.83. The lowest BCUT2D eigenvalue weighted by atomic mass is 9.98. The number of nitrogens with zero attached hydrogens (tertiary/aromatic N) is 1. The maximum absolute atomic E-state index is 11.9. The zero-order valence-corrected chi connectivity index (χ0v) is 9.98. The molecule has 88 valence electrons. The number of amides is 1. The highest BCUT2D eigenvalue weighted by molar-refractivity contribution is 5.85. The van der Waals surface area contributed by atoms with E-state index in [2.05, 4.69) is 17.6 Å². The second kappa shape index (κ2) is 5.68. The van der Waals surface area contributed by atoms with E-state index in [9.17, 15) is 4.79 Å². The summed E-state index contributed by atoms with van der Waals surface area (Å²) in [5.74, 6) is 0.926. The van der Waals surface area contributed by atoms with Crippen LogP contribution < -0.4 is 10.6 Å². The number of hydrogen-bond acceptors (Lipinski definition) is 3. The smallest absolute Gasteiger partial charge is 0.223 e. The first-order chi connectivity index (χ1) is 6.77. The van der Waals surface area contributed by atoms with Gasteiger partial charge in [0.1, 0.15) is 0 Å². The topological polar surface area (TPSA) is 44.4 Å². The molecule has 2 aliphatic rings. The molecule has 1 atom stereocenters. The molecule has 2 aliphatic heterocycles. The Morgan fingerprint density at radius 3 is 2.60 bits per heavy atom. The van der Waals surface area contributed by atoms with Gasteiger partial charge in [0.25, 0.3) is 0 Å². The summed E-state index contributed by atoms with van der Waals surface area (Å²) in [6.07, 6.45) is 0.733. The molecule has 2 fully saturated rings. The molecule has 4 nitrogen and oxygen atoms in total. The van der Waals surface area contributed by atoms with Gasteiger partial charge < -0.3 is 15.5 Å². The van der Waals surface area contributed by atoms with Crippen molar-refractivity contribution in [1.29, 1.82) is 0 Å². The van der Waals surface area contributed by atoms with Gasteiger partial charge in [-0.25, -0.2) is 0 Å². The fraction of sp³-hybridized carbons (Fsp3) is 0.900. The normalized spacial score (nSPS) is 26.7. The van der Waals surface area contributed by atoms with Crippen LogP contribution in [0.5, 0.6) is 0 Å². The highest BCUT2D eigenvalue weighted by Gasteiger charge is 2.27. The van der Waals surface area contributed by atoms with Crippen molar-refractivity contribution in [2.75, 3.05) is 32.7 Å². The van der Waals surface area contributed by atoms with Gasteiger partial charge in [-0.1, -0.05) is 0 Å². The lowest BCUT2D eigenvalue weighted by molar-refractivity contribution is -0.135. The molecule has 0 spiro atoms. The molecule has 0 aliphatic carbocycles. The standard InChI is InChI=1S/C10H19N3O.ClH/c1-8-5-11-2-3-13(8)10(14)4-9-6-12-7-9;/h8-9,11-12H,2-7H2,1H3;1H. The zero-order chi connectivity index (χ0) is 9.97. The van der Waals surface area contributed by atoms with Gasteiger partial charge in [0.2, 0.25) is 5.91 Å². The SMILES string of the molecule is CC1CNCCN1C(=O)CC1CNC1.Cl.